The van der Waals surface area contributed by atoms with Crippen molar-refractivity contribution in [1.29, 1.82) is 0 Å². The summed E-state index contributed by atoms with van der Waals surface area (Å²) in [5.41, 5.74) is 1.13. The molecular weight excluding hydrogens is 280 g/mol. The average Bonchev–Trinajstić information content (AvgIpc) is 2.90. The minimum atomic E-state index is 0.0139. The van der Waals surface area contributed by atoms with E-state index < -0.39 is 0 Å². The minimum Gasteiger partial charge on any atom is -0.618 e. The smallest absolute Gasteiger partial charge is 0.251 e. The first-order valence-electron chi connectivity index (χ1n) is 5.73. The van der Waals surface area contributed by atoms with Crippen molar-refractivity contribution < 1.29 is 9.52 Å². The van der Waals surface area contributed by atoms with Crippen LogP contribution in [0.2, 0.25) is 0 Å². The maximum atomic E-state index is 12.0. The molecule has 0 aliphatic carbocycles. The van der Waals surface area contributed by atoms with Gasteiger partial charge in [-0.05, 0) is 40.2 Å². The fourth-order valence-corrected chi connectivity index (χ4v) is 3.03. The molecule has 6 heteroatoms. The van der Waals surface area contributed by atoms with Crippen LogP contribution in [0.15, 0.2) is 46.2 Å². The third-order valence-electron chi connectivity index (χ3n) is 2.56. The van der Waals surface area contributed by atoms with Crippen molar-refractivity contribution >= 4 is 29.0 Å². The molecule has 0 saturated carbocycles. The second-order valence-electron chi connectivity index (χ2n) is 4.03. The number of hydrogen-bond acceptors (Lipinski definition) is 4. The molecule has 0 atom stereocenters. The molecular formula is C13H14N2O2S2. The number of thioether (sulfide) groups is 1. The number of rotatable bonds is 5. The first kappa shape index (κ1) is 13.9. The Hall–Kier alpha value is -1.53. The quantitative estimate of drug-likeness (QED) is 0.482. The third kappa shape index (κ3) is 3.97. The molecule has 2 aromatic rings. The van der Waals surface area contributed by atoms with Gasteiger partial charge in [-0.2, -0.15) is 16.1 Å². The topological polar surface area (TPSA) is 47.2 Å². The van der Waals surface area contributed by atoms with Gasteiger partial charge in [0, 0.05) is 25.7 Å². The van der Waals surface area contributed by atoms with Gasteiger partial charge >= 0.3 is 0 Å². The second-order valence-corrected chi connectivity index (χ2v) is 5.81. The molecule has 0 unspecified atom stereocenters. The van der Waals surface area contributed by atoms with Gasteiger partial charge in [0.1, 0.15) is 0 Å². The molecule has 0 bridgehead atoms. The summed E-state index contributed by atoms with van der Waals surface area (Å²) in [6.45, 7) is 0.606. The summed E-state index contributed by atoms with van der Waals surface area (Å²) in [7, 11) is 1.77. The van der Waals surface area contributed by atoms with Crippen LogP contribution in [0.4, 0.5) is 0 Å². The molecule has 100 valence electrons. The van der Waals surface area contributed by atoms with Crippen molar-refractivity contribution in [2.75, 3.05) is 12.8 Å². The maximum Gasteiger partial charge on any atom is 0.251 e. The second kappa shape index (κ2) is 6.58. The molecule has 0 aliphatic heterocycles. The third-order valence-corrected chi connectivity index (χ3v) is 4.29. The van der Waals surface area contributed by atoms with Crippen LogP contribution < -0.4 is 4.73 Å². The summed E-state index contributed by atoms with van der Waals surface area (Å²) >= 11 is 2.88. The van der Waals surface area contributed by atoms with E-state index in [0.29, 0.717) is 11.6 Å². The predicted octanol–water partition coefficient (Wildman–Crippen LogP) is 2.13. The Morgan fingerprint density at radius 2 is 2.32 bits per heavy atom. The average molecular weight is 294 g/mol. The fraction of sp³-hybridized carbons (Fsp3) is 0.231. The monoisotopic (exact) mass is 294 g/mol. The van der Waals surface area contributed by atoms with Gasteiger partial charge in [0.2, 0.25) is 5.91 Å². The van der Waals surface area contributed by atoms with Crippen LogP contribution in [0.3, 0.4) is 0 Å². The van der Waals surface area contributed by atoms with Gasteiger partial charge in [-0.3, -0.25) is 4.79 Å². The molecule has 19 heavy (non-hydrogen) atoms. The molecule has 1 amide bonds. The fourth-order valence-electron chi connectivity index (χ4n) is 1.51. The lowest BCUT2D eigenvalue weighted by atomic mass is 10.3. The molecule has 0 radical (unpaired) electrons. The number of thiophene rings is 1. The highest BCUT2D eigenvalue weighted by molar-refractivity contribution is 7.99. The summed E-state index contributed by atoms with van der Waals surface area (Å²) in [5.74, 6) is 0.285. The summed E-state index contributed by atoms with van der Waals surface area (Å²) in [6, 6.07) is 7.17. The van der Waals surface area contributed by atoms with Crippen molar-refractivity contribution in [2.24, 2.45) is 0 Å². The number of amides is 1. The zero-order valence-corrected chi connectivity index (χ0v) is 12.1. The predicted molar refractivity (Wildman–Crippen MR) is 76.9 cm³/mol. The molecule has 0 saturated heterocycles. The van der Waals surface area contributed by atoms with E-state index in [4.69, 9.17) is 0 Å². The first-order chi connectivity index (χ1) is 9.16. The number of carbonyl (C=O) groups excluding carboxylic acids is 1. The van der Waals surface area contributed by atoms with E-state index in [1.807, 2.05) is 16.8 Å². The van der Waals surface area contributed by atoms with Gasteiger partial charge in [0.15, 0.2) is 6.20 Å². The van der Waals surface area contributed by atoms with Gasteiger partial charge in [0.25, 0.3) is 5.03 Å². The molecule has 0 fully saturated rings. The van der Waals surface area contributed by atoms with Gasteiger partial charge in [-0.1, -0.05) is 0 Å². The number of aromatic nitrogens is 1. The van der Waals surface area contributed by atoms with Crippen LogP contribution in [0.5, 0.6) is 0 Å². The number of nitrogens with zero attached hydrogens (tertiary/aromatic N) is 2. The molecule has 0 aromatic carbocycles. The van der Waals surface area contributed by atoms with Crippen LogP contribution in [0.25, 0.3) is 0 Å². The molecule has 2 rings (SSSR count). The van der Waals surface area contributed by atoms with Crippen molar-refractivity contribution in [3.05, 3.63) is 52.0 Å². The lowest BCUT2D eigenvalue weighted by Crippen LogP contribution is -2.30. The maximum absolute atomic E-state index is 12.0. The van der Waals surface area contributed by atoms with E-state index in [2.05, 4.69) is 0 Å². The Morgan fingerprint density at radius 1 is 1.47 bits per heavy atom. The number of hydrogen-bond donors (Lipinski definition) is 0. The summed E-state index contributed by atoms with van der Waals surface area (Å²) in [4.78, 5) is 13.6. The molecule has 4 nitrogen and oxygen atoms in total. The van der Waals surface area contributed by atoms with Gasteiger partial charge < -0.3 is 10.1 Å². The lowest BCUT2D eigenvalue weighted by molar-refractivity contribution is -0.645. The van der Waals surface area contributed by atoms with E-state index in [1.165, 1.54) is 18.0 Å². The molecule has 2 aromatic heterocycles. The minimum absolute atomic E-state index is 0.0139. The Kier molecular flexibility index (Phi) is 4.81. The lowest BCUT2D eigenvalue weighted by Gasteiger charge is -2.15. The number of pyridine rings is 1. The molecule has 0 aliphatic rings. The highest BCUT2D eigenvalue weighted by atomic mass is 32.2. The molecule has 2 heterocycles. The van der Waals surface area contributed by atoms with Crippen LogP contribution in [-0.2, 0) is 11.3 Å². The highest BCUT2D eigenvalue weighted by Crippen LogP contribution is 2.14. The van der Waals surface area contributed by atoms with Crippen LogP contribution in [0, 0.1) is 5.21 Å². The van der Waals surface area contributed by atoms with Crippen molar-refractivity contribution in [1.82, 2.24) is 4.90 Å². The zero-order chi connectivity index (χ0) is 13.7. The van der Waals surface area contributed by atoms with Crippen LogP contribution in [0.1, 0.15) is 5.56 Å². The van der Waals surface area contributed by atoms with Crippen LogP contribution in [-0.4, -0.2) is 23.6 Å². The van der Waals surface area contributed by atoms with Gasteiger partial charge in [-0.25, -0.2) is 0 Å². The first-order valence-corrected chi connectivity index (χ1v) is 7.65. The highest BCUT2D eigenvalue weighted by Gasteiger charge is 2.13. The van der Waals surface area contributed by atoms with Gasteiger partial charge in [0.05, 0.1) is 5.75 Å². The van der Waals surface area contributed by atoms with Crippen molar-refractivity contribution in [2.45, 2.75) is 11.6 Å². The Bertz CT molecular complexity index is 543. The van der Waals surface area contributed by atoms with Crippen LogP contribution >= 0.6 is 23.1 Å². The summed E-state index contributed by atoms with van der Waals surface area (Å²) in [6.07, 6.45) is 1.43. The van der Waals surface area contributed by atoms with E-state index in [9.17, 15) is 10.0 Å². The normalized spacial score (nSPS) is 10.4. The Labute approximate surface area is 120 Å². The van der Waals surface area contributed by atoms with E-state index >= 15 is 0 Å². The van der Waals surface area contributed by atoms with E-state index in [0.717, 1.165) is 10.3 Å². The Balaban J connectivity index is 1.86. The van der Waals surface area contributed by atoms with E-state index in [1.54, 1.807) is 41.5 Å². The summed E-state index contributed by atoms with van der Waals surface area (Å²) < 4.78 is 0.775. The molecule has 0 N–H and O–H groups in total. The SMILES string of the molecule is CN(Cc1ccsc1)C(=O)CSc1cccc[n+]1[O-]. The summed E-state index contributed by atoms with van der Waals surface area (Å²) in [5, 5.41) is 16.0. The largest absolute Gasteiger partial charge is 0.618 e. The van der Waals surface area contributed by atoms with Crippen molar-refractivity contribution in [3.63, 3.8) is 0 Å². The Morgan fingerprint density at radius 3 is 3.00 bits per heavy atom. The number of carbonyl (C=O) groups is 1. The standard InChI is InChI=1S/C13H14N2O2S2/c1-14(8-11-5-7-18-9-11)12(16)10-19-13-4-2-3-6-15(13)17/h2-7,9H,8,10H2,1H3. The zero-order valence-electron chi connectivity index (χ0n) is 10.5. The molecule has 0 spiro atoms. The van der Waals surface area contributed by atoms with Crippen molar-refractivity contribution in [3.8, 4) is 0 Å². The van der Waals surface area contributed by atoms with Gasteiger partial charge in [-0.15, -0.1) is 0 Å². The van der Waals surface area contributed by atoms with E-state index in [-0.39, 0.29) is 11.7 Å².